The molecule has 150 valence electrons. The van der Waals surface area contributed by atoms with E-state index in [0.717, 1.165) is 36.5 Å². The highest BCUT2D eigenvalue weighted by Crippen LogP contribution is 2.22. The molecule has 0 unspecified atom stereocenters. The van der Waals surface area contributed by atoms with E-state index in [1.165, 1.54) is 17.4 Å². The minimum atomic E-state index is -0.968. The van der Waals surface area contributed by atoms with Gasteiger partial charge < -0.3 is 5.11 Å². The van der Waals surface area contributed by atoms with E-state index in [-0.39, 0.29) is 5.82 Å². The average Bonchev–Trinajstić information content (AvgIpc) is 3.09. The molecule has 0 saturated carbocycles. The highest BCUT2D eigenvalue weighted by molar-refractivity contribution is 7.12. The summed E-state index contributed by atoms with van der Waals surface area (Å²) >= 11 is 1.68. The maximum absolute atomic E-state index is 14.0. The molecule has 0 radical (unpaired) electrons. The second-order valence-electron chi connectivity index (χ2n) is 8.11. The lowest BCUT2D eigenvalue weighted by Gasteiger charge is -2.37. The van der Waals surface area contributed by atoms with Crippen LogP contribution in [0, 0.1) is 17.7 Å². The van der Waals surface area contributed by atoms with Crippen LogP contribution < -0.4 is 0 Å². The lowest BCUT2D eigenvalue weighted by Crippen LogP contribution is -2.45. The summed E-state index contributed by atoms with van der Waals surface area (Å²) in [6.07, 6.45) is 2.30. The highest BCUT2D eigenvalue weighted by atomic mass is 32.1. The summed E-state index contributed by atoms with van der Waals surface area (Å²) < 4.78 is 14.0. The largest absolute Gasteiger partial charge is 0.378 e. The number of hydrogen-bond donors (Lipinski definition) is 1. The van der Waals surface area contributed by atoms with Crippen molar-refractivity contribution < 1.29 is 9.50 Å². The zero-order valence-electron chi connectivity index (χ0n) is 16.9. The summed E-state index contributed by atoms with van der Waals surface area (Å²) in [6, 6.07) is 11.7. The van der Waals surface area contributed by atoms with Gasteiger partial charge in [-0.15, -0.1) is 11.3 Å². The van der Waals surface area contributed by atoms with Crippen LogP contribution in [0.5, 0.6) is 0 Å². The second-order valence-corrected chi connectivity index (χ2v) is 9.28. The number of hydrogen-bond acceptors (Lipinski definition) is 4. The predicted octanol–water partition coefficient (Wildman–Crippen LogP) is 4.11. The number of halogens is 1. The smallest absolute Gasteiger partial charge is 0.127 e. The Labute approximate surface area is 171 Å². The zero-order chi connectivity index (χ0) is 20.1. The molecule has 2 aromatic rings. The van der Waals surface area contributed by atoms with E-state index >= 15 is 0 Å². The van der Waals surface area contributed by atoms with E-state index < -0.39 is 5.60 Å². The summed E-state index contributed by atoms with van der Waals surface area (Å²) in [7, 11) is 2.17. The molecular weight excluding hydrogens is 371 g/mol. The Hall–Kier alpha value is -1.71. The molecule has 0 spiro atoms. The van der Waals surface area contributed by atoms with Crippen LogP contribution in [0.2, 0.25) is 0 Å². The Morgan fingerprint density at radius 1 is 1.29 bits per heavy atom. The van der Waals surface area contributed by atoms with Gasteiger partial charge in [-0.25, -0.2) is 4.39 Å². The minimum Gasteiger partial charge on any atom is -0.378 e. The van der Waals surface area contributed by atoms with Gasteiger partial charge in [-0.2, -0.15) is 0 Å². The van der Waals surface area contributed by atoms with E-state index in [4.69, 9.17) is 0 Å². The fraction of sp³-hybridized carbons (Fsp3) is 0.478. The predicted molar refractivity (Wildman–Crippen MR) is 114 cm³/mol. The van der Waals surface area contributed by atoms with Gasteiger partial charge in [0.05, 0.1) is 4.88 Å². The zero-order valence-corrected chi connectivity index (χ0v) is 17.7. The maximum Gasteiger partial charge on any atom is 0.127 e. The lowest BCUT2D eigenvalue weighted by molar-refractivity contribution is 0.107. The minimum absolute atomic E-state index is 0.115. The van der Waals surface area contributed by atoms with Crippen LogP contribution in [0.15, 0.2) is 36.4 Å². The summed E-state index contributed by atoms with van der Waals surface area (Å²) in [5.41, 5.74) is -0.191. The number of aliphatic hydroxyl groups is 1. The molecule has 28 heavy (non-hydrogen) atoms. The molecule has 2 heterocycles. The van der Waals surface area contributed by atoms with Crippen molar-refractivity contribution in [2.24, 2.45) is 0 Å². The van der Waals surface area contributed by atoms with E-state index in [1.807, 2.05) is 18.2 Å². The second kappa shape index (κ2) is 9.19. The van der Waals surface area contributed by atoms with Gasteiger partial charge in [0, 0.05) is 36.1 Å². The third-order valence-corrected chi connectivity index (χ3v) is 6.00. The summed E-state index contributed by atoms with van der Waals surface area (Å²) in [5, 5.41) is 9.74. The molecule has 1 fully saturated rings. The first-order valence-electron chi connectivity index (χ1n) is 9.80. The molecule has 0 aliphatic carbocycles. The van der Waals surface area contributed by atoms with Crippen LogP contribution in [0.4, 0.5) is 4.39 Å². The number of likely N-dealkylation sites (N-methyl/N-ethyl adjacent to an activating group) is 1. The number of thiophene rings is 1. The first-order chi connectivity index (χ1) is 13.3. The summed E-state index contributed by atoms with van der Waals surface area (Å²) in [6.45, 7) is 6.92. The lowest BCUT2D eigenvalue weighted by atomic mass is 10.0. The van der Waals surface area contributed by atoms with Gasteiger partial charge in [-0.3, -0.25) is 9.80 Å². The van der Waals surface area contributed by atoms with Crippen molar-refractivity contribution >= 4 is 11.3 Å². The Balaban J connectivity index is 1.57. The van der Waals surface area contributed by atoms with Crippen molar-refractivity contribution in [3.63, 3.8) is 0 Å². The third kappa shape index (κ3) is 6.15. The number of likely N-dealkylation sites (tertiary alicyclic amines) is 1. The molecule has 3 nitrogen and oxygen atoms in total. The molecule has 1 aliphatic rings. The van der Waals surface area contributed by atoms with Gasteiger partial charge in [0.1, 0.15) is 11.4 Å². The van der Waals surface area contributed by atoms with Crippen molar-refractivity contribution in [2.75, 3.05) is 20.1 Å². The van der Waals surface area contributed by atoms with E-state index in [1.54, 1.807) is 31.3 Å². The van der Waals surface area contributed by atoms with Crippen LogP contribution >= 0.6 is 11.3 Å². The van der Waals surface area contributed by atoms with Gasteiger partial charge in [0.15, 0.2) is 0 Å². The molecular formula is C23H29FN2OS. The van der Waals surface area contributed by atoms with Gasteiger partial charge in [-0.05, 0) is 58.5 Å². The first kappa shape index (κ1) is 21.0. The molecule has 5 heteroatoms. The monoisotopic (exact) mass is 400 g/mol. The average molecular weight is 401 g/mol. The topological polar surface area (TPSA) is 26.7 Å². The number of piperidine rings is 1. The molecule has 1 aromatic carbocycles. The molecule has 1 aliphatic heterocycles. The third-order valence-electron chi connectivity index (χ3n) is 5.01. The Kier molecular flexibility index (Phi) is 6.90. The van der Waals surface area contributed by atoms with Crippen molar-refractivity contribution in [2.45, 2.75) is 51.4 Å². The van der Waals surface area contributed by atoms with Gasteiger partial charge in [0.25, 0.3) is 0 Å². The van der Waals surface area contributed by atoms with Gasteiger partial charge >= 0.3 is 0 Å². The number of benzene rings is 1. The first-order valence-corrected chi connectivity index (χ1v) is 10.6. The van der Waals surface area contributed by atoms with Crippen molar-refractivity contribution in [3.8, 4) is 11.8 Å². The summed E-state index contributed by atoms with van der Waals surface area (Å²) in [5.74, 6) is 5.81. The van der Waals surface area contributed by atoms with Crippen LogP contribution in [0.1, 0.15) is 42.0 Å². The maximum atomic E-state index is 14.0. The van der Waals surface area contributed by atoms with Crippen LogP contribution in [0.3, 0.4) is 0 Å². The fourth-order valence-electron chi connectivity index (χ4n) is 3.52. The number of rotatable bonds is 5. The molecule has 1 aromatic heterocycles. The SMILES string of the molecule is CN(Cc1ccc(C#CC(C)(C)O)s1)[C@@H]1CCCN(Cc2ccccc2F)C1. The molecule has 0 amide bonds. The van der Waals surface area contributed by atoms with E-state index in [2.05, 4.69) is 34.8 Å². The highest BCUT2D eigenvalue weighted by Gasteiger charge is 2.24. The van der Waals surface area contributed by atoms with Gasteiger partial charge in [-0.1, -0.05) is 30.0 Å². The quantitative estimate of drug-likeness (QED) is 0.766. The van der Waals surface area contributed by atoms with Crippen molar-refractivity contribution in [1.29, 1.82) is 0 Å². The van der Waals surface area contributed by atoms with Crippen molar-refractivity contribution in [3.05, 3.63) is 57.5 Å². The van der Waals surface area contributed by atoms with Crippen LogP contribution in [-0.2, 0) is 13.1 Å². The van der Waals surface area contributed by atoms with E-state index in [0.29, 0.717) is 12.6 Å². The Morgan fingerprint density at radius 3 is 2.82 bits per heavy atom. The molecule has 3 rings (SSSR count). The standard InChI is InChI=1S/C23H29FN2OS/c1-23(2,27)13-12-20-10-11-21(28-20)17-25(3)19-8-6-14-26(16-19)15-18-7-4-5-9-22(18)24/h4-5,7,9-11,19,27H,6,8,14-17H2,1-3H3/t19-/m1/s1. The normalized spacial score (nSPS) is 18.1. The summed E-state index contributed by atoms with van der Waals surface area (Å²) in [4.78, 5) is 7.01. The van der Waals surface area contributed by atoms with Crippen LogP contribution in [0.25, 0.3) is 0 Å². The van der Waals surface area contributed by atoms with Crippen LogP contribution in [-0.4, -0.2) is 46.7 Å². The molecule has 1 saturated heterocycles. The number of nitrogens with zero attached hydrogens (tertiary/aromatic N) is 2. The molecule has 1 atom stereocenters. The van der Waals surface area contributed by atoms with Crippen molar-refractivity contribution in [1.82, 2.24) is 9.80 Å². The van der Waals surface area contributed by atoms with E-state index in [9.17, 15) is 9.50 Å². The molecule has 0 bridgehead atoms. The fourth-order valence-corrected chi connectivity index (χ4v) is 4.45. The van der Waals surface area contributed by atoms with Gasteiger partial charge in [0.2, 0.25) is 0 Å². The Bertz CT molecular complexity index is 846. The Morgan fingerprint density at radius 2 is 2.07 bits per heavy atom. The molecule has 1 N–H and O–H groups in total.